The van der Waals surface area contributed by atoms with Crippen LogP contribution in [-0.4, -0.2) is 0 Å². The van der Waals surface area contributed by atoms with Crippen LogP contribution in [0.25, 0.3) is 11.1 Å². The maximum atomic E-state index is 7.87. The Morgan fingerprint density at radius 1 is 0.923 bits per heavy atom. The molecule has 64 valence electrons. The zero-order chi connectivity index (χ0) is 11.7. The molecule has 0 aliphatic rings. The Labute approximate surface area is 83.1 Å². The van der Waals surface area contributed by atoms with Gasteiger partial charge in [0.1, 0.15) is 0 Å². The van der Waals surface area contributed by atoms with Crippen LogP contribution in [0.15, 0.2) is 54.5 Å². The molecule has 0 heteroatoms. The van der Waals surface area contributed by atoms with Crippen molar-refractivity contribution >= 4 is 0 Å². The van der Waals surface area contributed by atoms with E-state index in [1.807, 2.05) is 19.1 Å². The van der Waals surface area contributed by atoms with Gasteiger partial charge in [-0.1, -0.05) is 60.1 Å². The van der Waals surface area contributed by atoms with E-state index in [0.717, 1.165) is 11.1 Å². The summed E-state index contributed by atoms with van der Waals surface area (Å²) >= 11 is 0. The number of hydrogen-bond acceptors (Lipinski definition) is 0. The van der Waals surface area contributed by atoms with Crippen LogP contribution in [0.3, 0.4) is 0 Å². The lowest BCUT2D eigenvalue weighted by Gasteiger charge is -2.00. The lowest BCUT2D eigenvalue weighted by Crippen LogP contribution is -1.76. The molecule has 0 unspecified atom stereocenters. The molecule has 0 atom stereocenters. The van der Waals surface area contributed by atoms with Gasteiger partial charge in [-0.05, 0) is 18.1 Å². The van der Waals surface area contributed by atoms with Gasteiger partial charge in [0.2, 0.25) is 0 Å². The van der Waals surface area contributed by atoms with E-state index in [9.17, 15) is 0 Å². The van der Waals surface area contributed by atoms with Gasteiger partial charge in [-0.15, -0.1) is 0 Å². The molecule has 0 radical (unpaired) electrons. The molecule has 0 spiro atoms. The fraction of sp³-hybridized carbons (Fsp3) is 0.0769. The smallest absolute Gasteiger partial charge is 0.0622 e. The lowest BCUT2D eigenvalue weighted by molar-refractivity contribution is 1.47. The van der Waals surface area contributed by atoms with Crippen LogP contribution >= 0.6 is 0 Å². The Hall–Kier alpha value is -1.56. The van der Waals surface area contributed by atoms with E-state index < -0.39 is 0 Å². The molecule has 0 fully saturated rings. The van der Waals surface area contributed by atoms with E-state index in [2.05, 4.69) is 0 Å². The van der Waals surface area contributed by atoms with Gasteiger partial charge in [-0.2, -0.15) is 0 Å². The summed E-state index contributed by atoms with van der Waals surface area (Å²) < 4.78 is 23.1. The molecule has 0 nitrogen and oxygen atoms in total. The molecule has 0 aliphatic heterocycles. The highest BCUT2D eigenvalue weighted by molar-refractivity contribution is 5.63. The van der Waals surface area contributed by atoms with E-state index in [1.54, 1.807) is 18.2 Å². The summed E-state index contributed by atoms with van der Waals surface area (Å²) in [5.41, 5.74) is 2.49. The first-order valence-electron chi connectivity index (χ1n) is 5.73. The molecule has 0 aromatic heterocycles. The van der Waals surface area contributed by atoms with Gasteiger partial charge in [0.05, 0.1) is 4.11 Å². The molecule has 2 aromatic carbocycles. The van der Waals surface area contributed by atoms with Gasteiger partial charge in [0, 0.05) is 0 Å². The van der Waals surface area contributed by atoms with Crippen molar-refractivity contribution < 1.29 is 4.11 Å². The van der Waals surface area contributed by atoms with E-state index in [1.165, 1.54) is 6.07 Å². The molecule has 0 bridgehead atoms. The van der Waals surface area contributed by atoms with Crippen molar-refractivity contribution in [1.29, 1.82) is 0 Å². The van der Waals surface area contributed by atoms with E-state index in [0.29, 0.717) is 23.7 Å². The summed E-state index contributed by atoms with van der Waals surface area (Å²) in [6.07, 6.45) is 0. The van der Waals surface area contributed by atoms with Crippen LogP contribution in [0.2, 0.25) is 0 Å². The third-order valence-electron chi connectivity index (χ3n) is 1.92. The number of rotatable bonds is 1. The quantitative estimate of drug-likeness (QED) is 0.614. The first kappa shape index (κ1) is 5.23. The number of aryl methyl sites for hydroxylation is 1. The summed E-state index contributed by atoms with van der Waals surface area (Å²) in [6.45, 7) is 1.94. The highest BCUT2D eigenvalue weighted by atomic mass is 14.0. The van der Waals surface area contributed by atoms with E-state index >= 15 is 0 Å². The summed E-state index contributed by atoms with van der Waals surface area (Å²) in [5.74, 6) is 0. The minimum atomic E-state index is 0.296. The zero-order valence-electron chi connectivity index (χ0n) is 10.5. The van der Waals surface area contributed by atoms with Crippen LogP contribution < -0.4 is 0 Å². The van der Waals surface area contributed by atoms with Gasteiger partial charge in [-0.25, -0.2) is 0 Å². The monoisotopic (exact) mass is 171 g/mol. The van der Waals surface area contributed by atoms with Gasteiger partial charge >= 0.3 is 0 Å². The molecule has 0 heterocycles. The normalized spacial score (nSPS) is 13.2. The van der Waals surface area contributed by atoms with Crippen LogP contribution in [0.1, 0.15) is 9.68 Å². The number of benzene rings is 2. The standard InChI is InChI=1S/C13H12/c1-11-7-9-13(10-8-11)12-5-3-2-4-6-12/h2-10H,1H3/i2D,5D,9D. The summed E-state index contributed by atoms with van der Waals surface area (Å²) in [6, 6.07) is 11.5. The first-order chi connectivity index (χ1) is 7.58. The fourth-order valence-corrected chi connectivity index (χ4v) is 1.18. The Morgan fingerprint density at radius 3 is 2.54 bits per heavy atom. The van der Waals surface area contributed by atoms with Gasteiger partial charge in [-0.3, -0.25) is 0 Å². The molecule has 0 saturated heterocycles. The minimum absolute atomic E-state index is 0.296. The zero-order valence-corrected chi connectivity index (χ0v) is 7.46. The highest BCUT2D eigenvalue weighted by Gasteiger charge is 1.93. The Bertz CT molecular complexity index is 483. The van der Waals surface area contributed by atoms with Crippen molar-refractivity contribution in [2.75, 3.05) is 0 Å². The van der Waals surface area contributed by atoms with Gasteiger partial charge < -0.3 is 0 Å². The third-order valence-corrected chi connectivity index (χ3v) is 1.92. The predicted octanol–water partition coefficient (Wildman–Crippen LogP) is 3.66. The largest absolute Gasteiger partial charge is 0.0629 e. The highest BCUT2D eigenvalue weighted by Crippen LogP contribution is 2.18. The molecule has 2 rings (SSSR count). The lowest BCUT2D eigenvalue weighted by atomic mass is 10.0. The topological polar surface area (TPSA) is 0 Å². The van der Waals surface area contributed by atoms with Crippen molar-refractivity contribution in [3.05, 3.63) is 60.1 Å². The van der Waals surface area contributed by atoms with E-state index in [-0.39, 0.29) is 0 Å². The molecular weight excluding hydrogens is 156 g/mol. The van der Waals surface area contributed by atoms with Crippen LogP contribution in [0.4, 0.5) is 0 Å². The third kappa shape index (κ3) is 1.78. The average molecular weight is 171 g/mol. The molecule has 0 N–H and O–H groups in total. The minimum Gasteiger partial charge on any atom is -0.0622 e. The Kier molecular flexibility index (Phi) is 1.38. The summed E-state index contributed by atoms with van der Waals surface area (Å²) in [7, 11) is 0. The Morgan fingerprint density at radius 2 is 1.77 bits per heavy atom. The predicted molar refractivity (Wildman–Crippen MR) is 56.6 cm³/mol. The Balaban J connectivity index is 2.59. The van der Waals surface area contributed by atoms with Crippen LogP contribution in [0.5, 0.6) is 0 Å². The summed E-state index contributed by atoms with van der Waals surface area (Å²) in [5, 5.41) is 0. The molecule has 0 amide bonds. The molecule has 13 heavy (non-hydrogen) atoms. The summed E-state index contributed by atoms with van der Waals surface area (Å²) in [4.78, 5) is 0. The second-order valence-corrected chi connectivity index (χ2v) is 2.98. The molecule has 0 aliphatic carbocycles. The second kappa shape index (κ2) is 3.44. The van der Waals surface area contributed by atoms with Gasteiger partial charge in [0.25, 0.3) is 0 Å². The van der Waals surface area contributed by atoms with Crippen molar-refractivity contribution in [1.82, 2.24) is 0 Å². The maximum Gasteiger partial charge on any atom is 0.0629 e. The average Bonchev–Trinajstić information content (AvgIpc) is 2.19. The van der Waals surface area contributed by atoms with Crippen molar-refractivity contribution in [3.8, 4) is 11.1 Å². The van der Waals surface area contributed by atoms with Crippen molar-refractivity contribution in [2.24, 2.45) is 0 Å². The second-order valence-electron chi connectivity index (χ2n) is 2.98. The first-order valence-corrected chi connectivity index (χ1v) is 4.23. The molecular formula is C13H12. The van der Waals surface area contributed by atoms with Gasteiger partial charge in [0.15, 0.2) is 0 Å². The van der Waals surface area contributed by atoms with Crippen LogP contribution in [-0.2, 0) is 0 Å². The molecule has 2 aromatic rings. The maximum absolute atomic E-state index is 7.87. The fourth-order valence-electron chi connectivity index (χ4n) is 1.18. The SMILES string of the molecule is [2H]c1ccc(-c2ccc(C)cc2[2H])c([2H])c1. The molecule has 0 saturated carbocycles. The number of hydrogen-bond donors (Lipinski definition) is 0. The van der Waals surface area contributed by atoms with Crippen molar-refractivity contribution in [3.63, 3.8) is 0 Å². The van der Waals surface area contributed by atoms with E-state index in [4.69, 9.17) is 4.11 Å². The van der Waals surface area contributed by atoms with Crippen LogP contribution in [0, 0.1) is 6.92 Å². The van der Waals surface area contributed by atoms with Crippen molar-refractivity contribution in [2.45, 2.75) is 6.92 Å².